The van der Waals surface area contributed by atoms with Gasteiger partial charge in [0, 0.05) is 30.9 Å². The first-order valence-corrected chi connectivity index (χ1v) is 5.71. The summed E-state index contributed by atoms with van der Waals surface area (Å²) < 4.78 is 1.47. The minimum atomic E-state index is -1.30. The van der Waals surface area contributed by atoms with Crippen LogP contribution in [-0.2, 0) is 4.79 Å². The van der Waals surface area contributed by atoms with Gasteiger partial charge >= 0.3 is 5.97 Å². The minimum absolute atomic E-state index is 0.000582. The zero-order valence-corrected chi connectivity index (χ0v) is 10.7. The number of aromatic nitrogens is 1. The van der Waals surface area contributed by atoms with Gasteiger partial charge in [-0.1, -0.05) is 0 Å². The van der Waals surface area contributed by atoms with E-state index >= 15 is 0 Å². The molecule has 0 saturated heterocycles. The highest BCUT2D eigenvalue weighted by Gasteiger charge is 2.15. The molecule has 20 heavy (non-hydrogen) atoms. The molecule has 1 aliphatic rings. The Morgan fingerprint density at radius 2 is 2.15 bits per heavy atom. The average Bonchev–Trinajstić information content (AvgIpc) is 2.39. The van der Waals surface area contributed by atoms with Crippen molar-refractivity contribution < 1.29 is 24.0 Å². The van der Waals surface area contributed by atoms with E-state index in [4.69, 9.17) is 5.11 Å². The number of carboxylic acids is 2. The molecule has 6 nitrogen and oxygen atoms in total. The molecule has 0 fully saturated rings. The molecule has 2 rings (SSSR count). The molecule has 0 atom stereocenters. The predicted molar refractivity (Wildman–Crippen MR) is 67.4 cm³/mol. The largest absolute Gasteiger partial charge is 0.545 e. The lowest BCUT2D eigenvalue weighted by atomic mass is 10.1. The number of carboxylic acid groups (broad SMARTS) is 2. The molecule has 0 radical (unpaired) electrons. The van der Waals surface area contributed by atoms with Crippen LogP contribution in [-0.4, -0.2) is 29.0 Å². The summed E-state index contributed by atoms with van der Waals surface area (Å²) in [6.07, 6.45) is 5.98. The zero-order valence-electron chi connectivity index (χ0n) is 10.7. The lowest BCUT2D eigenvalue weighted by molar-refractivity contribution is -0.514. The highest BCUT2D eigenvalue weighted by Crippen LogP contribution is 2.14. The molecule has 102 valence electrons. The van der Waals surface area contributed by atoms with Gasteiger partial charge in [-0.2, -0.15) is 4.24 Å². The molecule has 2 heterocycles. The van der Waals surface area contributed by atoms with E-state index in [1.165, 1.54) is 34.7 Å². The number of likely N-dealkylation sites (N-methyl/N-ethyl adjacent to an activating group) is 1. The number of carbonyl (C=O) groups excluding carboxylic acids is 1. The number of aromatic carboxylic acids is 1. The Morgan fingerprint density at radius 1 is 1.45 bits per heavy atom. The fraction of sp³-hybridized carbons (Fsp3) is 0.0714. The normalized spacial score (nSPS) is 16.9. The van der Waals surface area contributed by atoms with Crippen LogP contribution in [0.15, 0.2) is 42.3 Å². The van der Waals surface area contributed by atoms with Gasteiger partial charge in [0.15, 0.2) is 6.20 Å². The summed E-state index contributed by atoms with van der Waals surface area (Å²) >= 11 is 0. The second-order valence-corrected chi connectivity index (χ2v) is 4.27. The Labute approximate surface area is 114 Å². The summed E-state index contributed by atoms with van der Waals surface area (Å²) in [7, 11) is 1.73. The van der Waals surface area contributed by atoms with Crippen LogP contribution in [0.2, 0.25) is 0 Å². The van der Waals surface area contributed by atoms with E-state index in [2.05, 4.69) is 6.72 Å². The molecule has 6 heteroatoms. The van der Waals surface area contributed by atoms with Crippen molar-refractivity contribution >= 4 is 17.6 Å². The number of hydrogen-bond acceptors (Lipinski definition) is 4. The van der Waals surface area contributed by atoms with Gasteiger partial charge in [-0.3, -0.25) is 0 Å². The molecule has 0 unspecified atom stereocenters. The zero-order chi connectivity index (χ0) is 14.9. The third-order valence-electron chi connectivity index (χ3n) is 2.93. The molecule has 1 N–H and O–H groups in total. The van der Waals surface area contributed by atoms with Crippen LogP contribution in [0.4, 0.5) is 0 Å². The Kier molecular flexibility index (Phi) is 3.39. The van der Waals surface area contributed by atoms with Crippen molar-refractivity contribution in [3.8, 4) is 0 Å². The van der Waals surface area contributed by atoms with Gasteiger partial charge in [0.1, 0.15) is 12.4 Å². The molecule has 0 aromatic carbocycles. The quantitative estimate of drug-likeness (QED) is 0.666. The van der Waals surface area contributed by atoms with Crippen molar-refractivity contribution in [3.05, 3.63) is 59.9 Å². The second kappa shape index (κ2) is 5.00. The van der Waals surface area contributed by atoms with E-state index in [1.54, 1.807) is 18.1 Å². The first kappa shape index (κ1) is 13.5. The van der Waals surface area contributed by atoms with Gasteiger partial charge in [-0.15, -0.1) is 0 Å². The number of carbonyl (C=O) groups is 2. The molecule has 0 amide bonds. The molecule has 0 saturated carbocycles. The predicted octanol–water partition coefficient (Wildman–Crippen LogP) is -1.44. The molecule has 0 spiro atoms. The van der Waals surface area contributed by atoms with E-state index in [0.29, 0.717) is 11.0 Å². The number of hydrogen-bond donors (Lipinski definition) is 1. The summed E-state index contributed by atoms with van der Waals surface area (Å²) in [4.78, 5) is 23.6. The third kappa shape index (κ3) is 2.44. The highest BCUT2D eigenvalue weighted by molar-refractivity contribution is 5.93. The van der Waals surface area contributed by atoms with Gasteiger partial charge in [0.2, 0.25) is 5.35 Å². The van der Waals surface area contributed by atoms with Crippen LogP contribution in [0.3, 0.4) is 0 Å². The minimum Gasteiger partial charge on any atom is -0.545 e. The number of pyridine rings is 1. The van der Waals surface area contributed by atoms with Crippen LogP contribution in [0, 0.1) is 6.72 Å². The summed E-state index contributed by atoms with van der Waals surface area (Å²) in [6.45, 7) is 3.76. The lowest BCUT2D eigenvalue weighted by Crippen LogP contribution is -2.41. The maximum Gasteiger partial charge on any atom is 0.335 e. The molecule has 0 bridgehead atoms. The van der Waals surface area contributed by atoms with Crippen LogP contribution in [0.25, 0.3) is 5.70 Å². The summed E-state index contributed by atoms with van der Waals surface area (Å²) in [5.41, 5.74) is 0.639. The van der Waals surface area contributed by atoms with Crippen LogP contribution in [0.1, 0.15) is 10.4 Å². The topological polar surface area (TPSA) is 86.6 Å². The van der Waals surface area contributed by atoms with Crippen LogP contribution < -0.4 is 14.7 Å². The summed E-state index contributed by atoms with van der Waals surface area (Å²) in [5.74, 6) is -2.36. The van der Waals surface area contributed by atoms with Crippen LogP contribution >= 0.6 is 0 Å². The summed E-state index contributed by atoms with van der Waals surface area (Å²) in [5, 5.41) is 20.4. The van der Waals surface area contributed by atoms with E-state index < -0.39 is 11.9 Å². The fourth-order valence-electron chi connectivity index (χ4n) is 1.83. The Bertz CT molecular complexity index is 762. The standard InChI is InChI=1S/C14H12N2O4/c1-15-5-3-9(13(17)18)7-11(15)12-8-10(14(19)20)4-6-16(12)2/h3-8H,1H2,2H3,(H-,17,18,19,20)/b12-11-. The monoisotopic (exact) mass is 272 g/mol. The Morgan fingerprint density at radius 3 is 2.75 bits per heavy atom. The Hall–Kier alpha value is -2.89. The van der Waals surface area contributed by atoms with Crippen molar-refractivity contribution in [2.75, 3.05) is 7.05 Å². The van der Waals surface area contributed by atoms with Crippen molar-refractivity contribution in [3.63, 3.8) is 0 Å². The van der Waals surface area contributed by atoms with Gasteiger partial charge in [-0.25, -0.2) is 4.79 Å². The summed E-state index contributed by atoms with van der Waals surface area (Å²) in [6, 6.07) is 2.76. The van der Waals surface area contributed by atoms with Crippen molar-refractivity contribution in [1.29, 1.82) is 0 Å². The number of rotatable bonds is 2. The average molecular weight is 272 g/mol. The molecular formula is C14H12N2O4. The number of nitrogens with zero attached hydrogens (tertiary/aromatic N) is 2. The Balaban J connectivity index is 2.76. The van der Waals surface area contributed by atoms with Gasteiger partial charge in [-0.05, 0) is 12.2 Å². The number of aliphatic carboxylic acids is 1. The second-order valence-electron chi connectivity index (χ2n) is 4.27. The molecule has 1 aliphatic heterocycles. The molecule has 1 aromatic heterocycles. The fourth-order valence-corrected chi connectivity index (χ4v) is 1.83. The van der Waals surface area contributed by atoms with Crippen LogP contribution in [0.5, 0.6) is 0 Å². The molecular weight excluding hydrogens is 260 g/mol. The van der Waals surface area contributed by atoms with E-state index in [9.17, 15) is 14.7 Å². The highest BCUT2D eigenvalue weighted by atomic mass is 16.4. The molecule has 1 aromatic rings. The smallest absolute Gasteiger partial charge is 0.335 e. The maximum atomic E-state index is 11.0. The SMILES string of the molecule is C=[n+]1ccc(C(=O)[O-])c/c1=C1\C=C(C(=O)O)C=CN1C. The molecule has 0 aliphatic carbocycles. The van der Waals surface area contributed by atoms with Gasteiger partial charge in [0.25, 0.3) is 0 Å². The first-order valence-electron chi connectivity index (χ1n) is 5.71. The van der Waals surface area contributed by atoms with Crippen molar-refractivity contribution in [2.24, 2.45) is 0 Å². The van der Waals surface area contributed by atoms with E-state index in [0.717, 1.165) is 0 Å². The lowest BCUT2D eigenvalue weighted by Gasteiger charge is -2.17. The first-order chi connectivity index (χ1) is 9.40. The van der Waals surface area contributed by atoms with E-state index in [-0.39, 0.29) is 11.1 Å². The van der Waals surface area contributed by atoms with Crippen molar-refractivity contribution in [2.45, 2.75) is 0 Å². The van der Waals surface area contributed by atoms with E-state index in [1.807, 2.05) is 0 Å². The van der Waals surface area contributed by atoms with Crippen molar-refractivity contribution in [1.82, 2.24) is 4.90 Å². The maximum absolute atomic E-state index is 11.0. The van der Waals surface area contributed by atoms with Gasteiger partial charge in [0.05, 0.1) is 11.5 Å². The third-order valence-corrected chi connectivity index (χ3v) is 2.93. The van der Waals surface area contributed by atoms with Gasteiger partial charge < -0.3 is 19.9 Å².